The molecule has 3 rings (SSSR count). The Hall–Kier alpha value is -3.35. The van der Waals surface area contributed by atoms with E-state index in [1.807, 2.05) is 24.3 Å². The number of methoxy groups -OCH3 is 3. The summed E-state index contributed by atoms with van der Waals surface area (Å²) < 4.78 is 48.4. The average molecular weight is 508 g/mol. The Balaban J connectivity index is 1.53. The van der Waals surface area contributed by atoms with Crippen molar-refractivity contribution in [3.05, 3.63) is 48.0 Å². The van der Waals surface area contributed by atoms with E-state index in [4.69, 9.17) is 18.9 Å². The van der Waals surface area contributed by atoms with E-state index >= 15 is 0 Å². The number of carbonyl (C=O) groups excluding carboxylic acids is 2. The lowest BCUT2D eigenvalue weighted by Crippen LogP contribution is -2.47. The van der Waals surface area contributed by atoms with Crippen molar-refractivity contribution in [1.29, 1.82) is 0 Å². The van der Waals surface area contributed by atoms with Gasteiger partial charge in [0.1, 0.15) is 12.0 Å². The second-order valence-electron chi connectivity index (χ2n) is 7.52. The zero-order valence-corrected chi connectivity index (χ0v) is 20.6. The standard InChI is InChI=1S/C23H29N3O8S/c1-31-17-6-4-16(5-7-17)10-11-24-22(27)23(28)25-15-21-26(12-13-34-21)35(29,30)18-8-9-19(32-2)20(14-18)33-3/h4-9,14,21H,10-13,15H2,1-3H3,(H,24,27)(H,25,28)/t21-/m0/s1. The average Bonchev–Trinajstić information content (AvgIpc) is 3.36. The summed E-state index contributed by atoms with van der Waals surface area (Å²) in [4.78, 5) is 24.3. The summed E-state index contributed by atoms with van der Waals surface area (Å²) in [6.45, 7) is 0.335. The van der Waals surface area contributed by atoms with Gasteiger partial charge in [-0.25, -0.2) is 8.42 Å². The molecule has 1 fully saturated rings. The van der Waals surface area contributed by atoms with Crippen LogP contribution in [-0.4, -0.2) is 78.3 Å². The number of sulfonamides is 1. The molecule has 0 saturated carbocycles. The van der Waals surface area contributed by atoms with E-state index in [1.54, 1.807) is 7.11 Å². The van der Waals surface area contributed by atoms with Crippen LogP contribution in [0.2, 0.25) is 0 Å². The zero-order valence-electron chi connectivity index (χ0n) is 19.8. The van der Waals surface area contributed by atoms with Crippen LogP contribution in [0, 0.1) is 0 Å². The first-order valence-corrected chi connectivity index (χ1v) is 12.3. The van der Waals surface area contributed by atoms with Crippen molar-refractivity contribution >= 4 is 21.8 Å². The number of hydrogen-bond donors (Lipinski definition) is 2. The molecular formula is C23H29N3O8S. The summed E-state index contributed by atoms with van der Waals surface area (Å²) in [7, 11) is 0.490. The predicted octanol–water partition coefficient (Wildman–Crippen LogP) is 0.535. The van der Waals surface area contributed by atoms with Crippen molar-refractivity contribution in [1.82, 2.24) is 14.9 Å². The van der Waals surface area contributed by atoms with Gasteiger partial charge >= 0.3 is 11.8 Å². The number of benzene rings is 2. The first kappa shape index (κ1) is 26.3. The Morgan fingerprint density at radius 3 is 2.31 bits per heavy atom. The van der Waals surface area contributed by atoms with Crippen molar-refractivity contribution in [3.63, 3.8) is 0 Å². The second-order valence-corrected chi connectivity index (χ2v) is 9.41. The molecule has 0 radical (unpaired) electrons. The maximum absolute atomic E-state index is 13.2. The first-order valence-electron chi connectivity index (χ1n) is 10.8. The number of ether oxygens (including phenoxy) is 4. The van der Waals surface area contributed by atoms with E-state index in [9.17, 15) is 18.0 Å². The Morgan fingerprint density at radius 1 is 0.971 bits per heavy atom. The fourth-order valence-corrected chi connectivity index (χ4v) is 5.03. The fraction of sp³-hybridized carbons (Fsp3) is 0.391. The molecule has 2 N–H and O–H groups in total. The van der Waals surface area contributed by atoms with Gasteiger partial charge in [-0.2, -0.15) is 4.31 Å². The molecule has 0 aliphatic carbocycles. The van der Waals surface area contributed by atoms with E-state index in [0.717, 1.165) is 15.6 Å². The normalized spacial score (nSPS) is 15.9. The van der Waals surface area contributed by atoms with Crippen LogP contribution in [0.4, 0.5) is 0 Å². The Kier molecular flexibility index (Phi) is 8.90. The molecule has 11 nitrogen and oxygen atoms in total. The van der Waals surface area contributed by atoms with E-state index < -0.39 is 28.1 Å². The Bertz CT molecular complexity index is 1140. The summed E-state index contributed by atoms with van der Waals surface area (Å²) in [6, 6.07) is 11.6. The highest BCUT2D eigenvalue weighted by Crippen LogP contribution is 2.31. The summed E-state index contributed by atoms with van der Waals surface area (Å²) in [5.74, 6) is -0.297. The molecule has 0 aromatic heterocycles. The number of amides is 2. The summed E-state index contributed by atoms with van der Waals surface area (Å²) in [6.07, 6.45) is -0.421. The third-order valence-corrected chi connectivity index (χ3v) is 7.29. The molecule has 190 valence electrons. The number of nitrogens with one attached hydrogen (secondary N) is 2. The molecule has 1 saturated heterocycles. The Labute approximate surface area is 204 Å². The van der Waals surface area contributed by atoms with Gasteiger partial charge in [0.2, 0.25) is 10.0 Å². The van der Waals surface area contributed by atoms with Crippen LogP contribution in [-0.2, 0) is 30.8 Å². The summed E-state index contributed by atoms with van der Waals surface area (Å²) in [5.41, 5.74) is 0.974. The van der Waals surface area contributed by atoms with Crippen LogP contribution in [0.5, 0.6) is 17.2 Å². The van der Waals surface area contributed by atoms with Crippen LogP contribution in [0.25, 0.3) is 0 Å². The highest BCUT2D eigenvalue weighted by Gasteiger charge is 2.37. The molecule has 0 unspecified atom stereocenters. The molecule has 2 aromatic rings. The van der Waals surface area contributed by atoms with Crippen LogP contribution in [0.1, 0.15) is 5.56 Å². The highest BCUT2D eigenvalue weighted by atomic mass is 32.2. The van der Waals surface area contributed by atoms with Gasteiger partial charge in [0.05, 0.1) is 39.4 Å². The first-order chi connectivity index (χ1) is 16.8. The number of nitrogens with zero attached hydrogens (tertiary/aromatic N) is 1. The summed E-state index contributed by atoms with van der Waals surface area (Å²) >= 11 is 0. The molecule has 1 aliphatic rings. The van der Waals surface area contributed by atoms with Crippen LogP contribution >= 0.6 is 0 Å². The highest BCUT2D eigenvalue weighted by molar-refractivity contribution is 7.89. The third kappa shape index (κ3) is 6.41. The van der Waals surface area contributed by atoms with E-state index in [-0.39, 0.29) is 36.9 Å². The quantitative estimate of drug-likeness (QED) is 0.445. The SMILES string of the molecule is COc1ccc(CCNC(=O)C(=O)NC[C@@H]2OCCN2S(=O)(=O)c2ccc(OC)c(OC)c2)cc1. The molecule has 2 aromatic carbocycles. The van der Waals surface area contributed by atoms with Gasteiger partial charge in [-0.1, -0.05) is 12.1 Å². The maximum Gasteiger partial charge on any atom is 0.309 e. The maximum atomic E-state index is 13.2. The number of carbonyl (C=O) groups is 2. The molecule has 1 atom stereocenters. The topological polar surface area (TPSA) is 132 Å². The predicted molar refractivity (Wildman–Crippen MR) is 126 cm³/mol. The number of rotatable bonds is 10. The summed E-state index contributed by atoms with van der Waals surface area (Å²) in [5, 5.41) is 4.98. The monoisotopic (exact) mass is 507 g/mol. The number of hydrogen-bond acceptors (Lipinski definition) is 8. The molecular weight excluding hydrogens is 478 g/mol. The lowest BCUT2D eigenvalue weighted by atomic mass is 10.1. The lowest BCUT2D eigenvalue weighted by Gasteiger charge is -2.23. The van der Waals surface area contributed by atoms with E-state index in [2.05, 4.69) is 10.6 Å². The smallest absolute Gasteiger partial charge is 0.309 e. The third-order valence-electron chi connectivity index (χ3n) is 5.41. The van der Waals surface area contributed by atoms with Crippen LogP contribution < -0.4 is 24.8 Å². The van der Waals surface area contributed by atoms with Gasteiger partial charge < -0.3 is 29.6 Å². The molecule has 1 heterocycles. The minimum Gasteiger partial charge on any atom is -0.497 e. The van der Waals surface area contributed by atoms with Crippen LogP contribution in [0.3, 0.4) is 0 Å². The van der Waals surface area contributed by atoms with Crippen molar-refractivity contribution < 1.29 is 37.0 Å². The molecule has 2 amide bonds. The van der Waals surface area contributed by atoms with Crippen molar-refractivity contribution in [2.45, 2.75) is 17.5 Å². The largest absolute Gasteiger partial charge is 0.497 e. The molecule has 12 heteroatoms. The van der Waals surface area contributed by atoms with Crippen LogP contribution in [0.15, 0.2) is 47.4 Å². The van der Waals surface area contributed by atoms with Gasteiger partial charge in [0.25, 0.3) is 0 Å². The minimum absolute atomic E-state index is 0.00625. The fourth-order valence-electron chi connectivity index (χ4n) is 3.51. The minimum atomic E-state index is -3.95. The second kappa shape index (κ2) is 11.9. The van der Waals surface area contributed by atoms with Gasteiger partial charge in [-0.15, -0.1) is 0 Å². The van der Waals surface area contributed by atoms with Crippen molar-refractivity contribution in [2.24, 2.45) is 0 Å². The van der Waals surface area contributed by atoms with Gasteiger partial charge in [0, 0.05) is 19.2 Å². The molecule has 0 spiro atoms. The van der Waals surface area contributed by atoms with E-state index in [0.29, 0.717) is 12.2 Å². The van der Waals surface area contributed by atoms with Crippen molar-refractivity contribution in [3.8, 4) is 17.2 Å². The van der Waals surface area contributed by atoms with E-state index in [1.165, 1.54) is 32.4 Å². The lowest BCUT2D eigenvalue weighted by molar-refractivity contribution is -0.139. The van der Waals surface area contributed by atoms with Crippen molar-refractivity contribution in [2.75, 3.05) is 47.6 Å². The Morgan fingerprint density at radius 2 is 1.66 bits per heavy atom. The van der Waals surface area contributed by atoms with Gasteiger partial charge in [-0.05, 0) is 36.2 Å². The van der Waals surface area contributed by atoms with Gasteiger partial charge in [0.15, 0.2) is 11.5 Å². The molecule has 1 aliphatic heterocycles. The zero-order chi connectivity index (χ0) is 25.4. The molecule has 0 bridgehead atoms. The molecule has 35 heavy (non-hydrogen) atoms. The van der Waals surface area contributed by atoms with Gasteiger partial charge in [-0.3, -0.25) is 9.59 Å².